The van der Waals surface area contributed by atoms with E-state index in [4.69, 9.17) is 4.74 Å². The second-order valence-corrected chi connectivity index (χ2v) is 5.70. The van der Waals surface area contributed by atoms with E-state index in [-0.39, 0.29) is 5.97 Å². The normalized spacial score (nSPS) is 17.1. The maximum absolute atomic E-state index is 12.0. The summed E-state index contributed by atoms with van der Waals surface area (Å²) in [4.78, 5) is 19.8. The van der Waals surface area contributed by atoms with Crippen molar-refractivity contribution in [3.8, 4) is 0 Å². The average molecular weight is 292 g/mol. The van der Waals surface area contributed by atoms with Crippen LogP contribution >= 0.6 is 0 Å². The Labute approximate surface area is 127 Å². The molecule has 0 amide bonds. The van der Waals surface area contributed by atoms with Gasteiger partial charge in [0, 0.05) is 31.9 Å². The van der Waals surface area contributed by atoms with Crippen LogP contribution in [0.5, 0.6) is 0 Å². The Morgan fingerprint density at radius 3 is 2.71 bits per heavy atom. The van der Waals surface area contributed by atoms with Gasteiger partial charge in [-0.3, -0.25) is 0 Å². The van der Waals surface area contributed by atoms with Gasteiger partial charge in [0.25, 0.3) is 0 Å². The van der Waals surface area contributed by atoms with Crippen LogP contribution in [0.3, 0.4) is 0 Å². The van der Waals surface area contributed by atoms with Crippen LogP contribution in [0.4, 0.5) is 0 Å². The molecule has 2 rings (SSSR count). The molecule has 0 saturated carbocycles. The third kappa shape index (κ3) is 4.32. The second kappa shape index (κ2) is 7.61. The van der Waals surface area contributed by atoms with Gasteiger partial charge in [-0.2, -0.15) is 0 Å². The quantitative estimate of drug-likeness (QED) is 0.807. The molecule has 1 saturated heterocycles. The smallest absolute Gasteiger partial charge is 0.340 e. The Hall–Kier alpha value is -1.33. The van der Waals surface area contributed by atoms with Gasteiger partial charge in [0.15, 0.2) is 0 Å². The largest absolute Gasteiger partial charge is 0.462 e. The Morgan fingerprint density at radius 1 is 1.33 bits per heavy atom. The van der Waals surface area contributed by atoms with Crippen LogP contribution in [0.2, 0.25) is 0 Å². The molecule has 117 valence electrons. The summed E-state index contributed by atoms with van der Waals surface area (Å²) in [6.07, 6.45) is 5.02. The fraction of sp³-hybridized carbons (Fsp3) is 0.688. The van der Waals surface area contributed by atoms with E-state index >= 15 is 0 Å². The molecule has 0 bridgehead atoms. The molecule has 5 nitrogen and oxygen atoms in total. The third-order valence-electron chi connectivity index (χ3n) is 4.05. The summed E-state index contributed by atoms with van der Waals surface area (Å²) in [5.74, 6) is -0.234. The highest BCUT2D eigenvalue weighted by molar-refractivity contribution is 5.92. The fourth-order valence-electron chi connectivity index (χ4n) is 2.74. The summed E-state index contributed by atoms with van der Waals surface area (Å²) in [6.45, 7) is 9.77. The minimum atomic E-state index is -0.234. The number of aromatic amines is 1. The molecule has 1 aliphatic rings. The lowest BCUT2D eigenvalue weighted by Gasteiger charge is -2.32. The van der Waals surface area contributed by atoms with Crippen LogP contribution in [0.1, 0.15) is 35.0 Å². The number of aromatic nitrogens is 1. The van der Waals surface area contributed by atoms with Gasteiger partial charge in [0.1, 0.15) is 0 Å². The fourth-order valence-corrected chi connectivity index (χ4v) is 2.74. The van der Waals surface area contributed by atoms with Gasteiger partial charge in [-0.05, 0) is 45.8 Å². The highest BCUT2D eigenvalue weighted by Gasteiger charge is 2.18. The molecule has 1 fully saturated rings. The lowest BCUT2D eigenvalue weighted by molar-refractivity contribution is 0.0524. The van der Waals surface area contributed by atoms with Crippen LogP contribution in [0.25, 0.3) is 0 Å². The number of rotatable bonds is 6. The number of H-pyrrole nitrogens is 1. The van der Waals surface area contributed by atoms with E-state index in [0.717, 1.165) is 56.8 Å². The highest BCUT2D eigenvalue weighted by Crippen LogP contribution is 2.16. The predicted octanol–water partition coefficient (Wildman–Crippen LogP) is 1.48. The predicted molar refractivity (Wildman–Crippen MR) is 82.6 cm³/mol. The molecule has 1 radical (unpaired) electrons. The Kier molecular flexibility index (Phi) is 5.82. The topological polar surface area (TPSA) is 48.6 Å². The summed E-state index contributed by atoms with van der Waals surface area (Å²) in [6, 6.07) is 0. The second-order valence-electron chi connectivity index (χ2n) is 5.70. The molecule has 1 aromatic heterocycles. The molecule has 1 aromatic rings. The monoisotopic (exact) mass is 292 g/mol. The minimum Gasteiger partial charge on any atom is -0.462 e. The number of carbonyl (C=O) groups is 1. The van der Waals surface area contributed by atoms with Crippen molar-refractivity contribution in [2.24, 2.45) is 0 Å². The van der Waals surface area contributed by atoms with Gasteiger partial charge in [-0.15, -0.1) is 0 Å². The highest BCUT2D eigenvalue weighted by atomic mass is 16.5. The van der Waals surface area contributed by atoms with E-state index < -0.39 is 0 Å². The minimum absolute atomic E-state index is 0.234. The summed E-state index contributed by atoms with van der Waals surface area (Å²) in [7, 11) is 2.17. The standard InChI is InChI=1S/C16H26N3O2/c1-4-21-16(20)15-13(2)17-12-14(15)6-5-7-19-10-8-18(3)9-11-19/h17H,4-11H2,1-3H3. The molecule has 0 spiro atoms. The average Bonchev–Trinajstić information content (AvgIpc) is 2.82. The number of ether oxygens (including phenoxy) is 1. The molecule has 5 heteroatoms. The van der Waals surface area contributed by atoms with Crippen molar-refractivity contribution in [3.05, 3.63) is 23.0 Å². The number of carbonyl (C=O) groups excluding carboxylic acids is 1. The van der Waals surface area contributed by atoms with Crippen molar-refractivity contribution < 1.29 is 9.53 Å². The summed E-state index contributed by atoms with van der Waals surface area (Å²) in [5.41, 5.74) is 2.48. The molecular formula is C16H26N3O2. The van der Waals surface area contributed by atoms with Gasteiger partial charge in [-0.1, -0.05) is 0 Å². The number of nitrogens with one attached hydrogen (secondary N) is 1. The van der Waals surface area contributed by atoms with Crippen LogP contribution in [0.15, 0.2) is 0 Å². The van der Waals surface area contributed by atoms with E-state index in [2.05, 4.69) is 28.0 Å². The molecule has 2 heterocycles. The summed E-state index contributed by atoms with van der Waals surface area (Å²) < 4.78 is 5.12. The maximum Gasteiger partial charge on any atom is 0.340 e. The number of esters is 1. The van der Waals surface area contributed by atoms with Crippen LogP contribution < -0.4 is 0 Å². The number of nitrogens with zero attached hydrogens (tertiary/aromatic N) is 2. The van der Waals surface area contributed by atoms with E-state index in [1.54, 1.807) is 0 Å². The molecule has 0 aromatic carbocycles. The van der Waals surface area contributed by atoms with Crippen molar-refractivity contribution in [1.82, 2.24) is 14.8 Å². The first kappa shape index (κ1) is 16.0. The number of likely N-dealkylation sites (N-methyl/N-ethyl adjacent to an activating group) is 1. The van der Waals surface area contributed by atoms with Crippen molar-refractivity contribution in [1.29, 1.82) is 0 Å². The van der Waals surface area contributed by atoms with Gasteiger partial charge in [0.05, 0.1) is 18.4 Å². The molecule has 0 unspecified atom stereocenters. The first-order valence-corrected chi connectivity index (χ1v) is 7.79. The molecule has 0 aliphatic carbocycles. The van der Waals surface area contributed by atoms with Crippen LogP contribution in [-0.4, -0.2) is 67.1 Å². The zero-order valence-corrected chi connectivity index (χ0v) is 13.4. The summed E-state index contributed by atoms with van der Waals surface area (Å²) >= 11 is 0. The molecular weight excluding hydrogens is 266 g/mol. The lowest BCUT2D eigenvalue weighted by atomic mass is 10.1. The van der Waals surface area contributed by atoms with Crippen molar-refractivity contribution in [2.75, 3.05) is 46.4 Å². The Morgan fingerprint density at radius 2 is 2.05 bits per heavy atom. The van der Waals surface area contributed by atoms with E-state index in [1.165, 1.54) is 0 Å². The van der Waals surface area contributed by atoms with Crippen molar-refractivity contribution in [3.63, 3.8) is 0 Å². The SMILES string of the molecule is CCOC(=O)c1c(CCCN2CCN(C)CC2)[c][nH]c1C. The summed E-state index contributed by atoms with van der Waals surface area (Å²) in [5, 5.41) is 0. The maximum atomic E-state index is 12.0. The molecule has 1 N–H and O–H groups in total. The van der Waals surface area contributed by atoms with E-state index in [0.29, 0.717) is 12.2 Å². The van der Waals surface area contributed by atoms with Crippen LogP contribution in [-0.2, 0) is 11.2 Å². The first-order valence-electron chi connectivity index (χ1n) is 7.79. The number of piperazine rings is 1. The molecule has 0 atom stereocenters. The Bertz CT molecular complexity index is 462. The zero-order valence-electron chi connectivity index (χ0n) is 13.4. The van der Waals surface area contributed by atoms with Gasteiger partial charge < -0.3 is 19.5 Å². The first-order chi connectivity index (χ1) is 10.1. The van der Waals surface area contributed by atoms with E-state index in [1.807, 2.05) is 13.8 Å². The van der Waals surface area contributed by atoms with Gasteiger partial charge in [0.2, 0.25) is 0 Å². The third-order valence-corrected chi connectivity index (χ3v) is 4.05. The van der Waals surface area contributed by atoms with Gasteiger partial charge >= 0.3 is 5.97 Å². The number of hydrogen-bond acceptors (Lipinski definition) is 4. The van der Waals surface area contributed by atoms with Gasteiger partial charge in [-0.25, -0.2) is 4.79 Å². The lowest BCUT2D eigenvalue weighted by Crippen LogP contribution is -2.44. The number of aryl methyl sites for hydroxylation is 2. The molecule has 21 heavy (non-hydrogen) atoms. The zero-order chi connectivity index (χ0) is 15.2. The van der Waals surface area contributed by atoms with Crippen molar-refractivity contribution >= 4 is 5.97 Å². The van der Waals surface area contributed by atoms with Crippen molar-refractivity contribution in [2.45, 2.75) is 26.7 Å². The molecule has 1 aliphatic heterocycles. The van der Waals surface area contributed by atoms with E-state index in [9.17, 15) is 4.79 Å². The Balaban J connectivity index is 1.84. The van der Waals surface area contributed by atoms with Crippen LogP contribution in [0, 0.1) is 13.1 Å². The number of hydrogen-bond donors (Lipinski definition) is 1.